The molecule has 1 aliphatic rings. The molecule has 3 aromatic carbocycles. The summed E-state index contributed by atoms with van der Waals surface area (Å²) < 4.78 is 17.5. The maximum atomic E-state index is 6.33. The Bertz CT molecular complexity index is 1050. The third kappa shape index (κ3) is 6.26. The Morgan fingerprint density at radius 1 is 0.939 bits per heavy atom. The van der Waals surface area contributed by atoms with Crippen LogP contribution in [0.3, 0.4) is 0 Å². The zero-order valence-electron chi connectivity index (χ0n) is 18.7. The number of hydrogen-bond acceptors (Lipinski definition) is 5. The fourth-order valence-corrected chi connectivity index (χ4v) is 4.19. The minimum atomic E-state index is 0.321. The maximum absolute atomic E-state index is 6.33. The summed E-state index contributed by atoms with van der Waals surface area (Å²) >= 11 is 12.3. The topological polar surface area (TPSA) is 43.0 Å². The fraction of sp³-hybridized carbons (Fsp3) is 0.308. The summed E-state index contributed by atoms with van der Waals surface area (Å²) in [5.74, 6) is 1.42. The molecule has 0 spiro atoms. The predicted molar refractivity (Wildman–Crippen MR) is 135 cm³/mol. The summed E-state index contributed by atoms with van der Waals surface area (Å²) in [5, 5.41) is 4.68. The average Bonchev–Trinajstić information content (AvgIpc) is 2.84. The van der Waals surface area contributed by atoms with Gasteiger partial charge in [-0.2, -0.15) is 0 Å². The van der Waals surface area contributed by atoms with Gasteiger partial charge < -0.3 is 24.4 Å². The molecule has 7 heteroatoms. The number of nitrogens with zero attached hydrogens (tertiary/aromatic N) is 1. The molecule has 0 amide bonds. The van der Waals surface area contributed by atoms with Gasteiger partial charge in [0.2, 0.25) is 0 Å². The molecule has 0 aliphatic carbocycles. The molecule has 3 aromatic rings. The number of rotatable bonds is 9. The molecule has 1 heterocycles. The highest BCUT2D eigenvalue weighted by atomic mass is 35.5. The molecular weight excluding hydrogens is 459 g/mol. The second-order valence-electron chi connectivity index (χ2n) is 7.70. The molecule has 0 radical (unpaired) electrons. The first-order valence-electron chi connectivity index (χ1n) is 11.1. The Morgan fingerprint density at radius 2 is 1.73 bits per heavy atom. The first-order valence-corrected chi connectivity index (χ1v) is 11.9. The van der Waals surface area contributed by atoms with Crippen LogP contribution < -0.4 is 19.7 Å². The van der Waals surface area contributed by atoms with Crippen LogP contribution >= 0.6 is 23.2 Å². The van der Waals surface area contributed by atoms with Crippen molar-refractivity contribution in [3.63, 3.8) is 0 Å². The van der Waals surface area contributed by atoms with E-state index in [-0.39, 0.29) is 0 Å². The Morgan fingerprint density at radius 3 is 2.45 bits per heavy atom. The van der Waals surface area contributed by atoms with Crippen molar-refractivity contribution in [2.24, 2.45) is 0 Å². The van der Waals surface area contributed by atoms with Gasteiger partial charge in [0.1, 0.15) is 6.61 Å². The largest absolute Gasteiger partial charge is 0.490 e. The lowest BCUT2D eigenvalue weighted by Gasteiger charge is -2.29. The van der Waals surface area contributed by atoms with Crippen LogP contribution in [-0.4, -0.2) is 32.9 Å². The first-order chi connectivity index (χ1) is 16.1. The van der Waals surface area contributed by atoms with Crippen LogP contribution in [0.5, 0.6) is 11.5 Å². The highest BCUT2D eigenvalue weighted by Crippen LogP contribution is 2.34. The van der Waals surface area contributed by atoms with Crippen LogP contribution in [0.25, 0.3) is 0 Å². The van der Waals surface area contributed by atoms with Gasteiger partial charge in [0.05, 0.1) is 19.8 Å². The van der Waals surface area contributed by atoms with Crippen LogP contribution in [-0.2, 0) is 17.9 Å². The molecule has 0 unspecified atom stereocenters. The van der Waals surface area contributed by atoms with Gasteiger partial charge >= 0.3 is 0 Å². The zero-order chi connectivity index (χ0) is 23.0. The minimum Gasteiger partial charge on any atom is -0.490 e. The van der Waals surface area contributed by atoms with Crippen molar-refractivity contribution in [3.05, 3.63) is 81.8 Å². The number of benzene rings is 3. The van der Waals surface area contributed by atoms with Crippen molar-refractivity contribution in [1.82, 2.24) is 0 Å². The molecular formula is C26H28Cl2N2O3. The van der Waals surface area contributed by atoms with Crippen LogP contribution in [0.1, 0.15) is 18.1 Å². The molecule has 174 valence electrons. The Kier molecular flexibility index (Phi) is 8.21. The molecule has 0 bridgehead atoms. The van der Waals surface area contributed by atoms with E-state index in [2.05, 4.69) is 34.5 Å². The number of nitrogens with one attached hydrogen (secondary N) is 1. The van der Waals surface area contributed by atoms with Gasteiger partial charge in [0, 0.05) is 52.2 Å². The second-order valence-corrected chi connectivity index (χ2v) is 8.55. The van der Waals surface area contributed by atoms with E-state index in [0.29, 0.717) is 41.3 Å². The lowest BCUT2D eigenvalue weighted by atomic mass is 10.1. The normalized spacial score (nSPS) is 13.6. The SMILES string of the molecule is CCOc1cccc(CNc2ccc(N3CCOCC3)cc2)c1OCc1ccc(Cl)cc1Cl. The molecule has 0 saturated carbocycles. The Labute approximate surface area is 205 Å². The minimum absolute atomic E-state index is 0.321. The van der Waals surface area contributed by atoms with Crippen molar-refractivity contribution in [3.8, 4) is 11.5 Å². The number of halogens is 2. The van der Waals surface area contributed by atoms with Gasteiger partial charge in [0.25, 0.3) is 0 Å². The van der Waals surface area contributed by atoms with Gasteiger partial charge in [-0.05, 0) is 49.4 Å². The second kappa shape index (κ2) is 11.5. The third-order valence-electron chi connectivity index (χ3n) is 5.47. The summed E-state index contributed by atoms with van der Waals surface area (Å²) in [6, 6.07) is 19.8. The average molecular weight is 487 g/mol. The third-order valence-corrected chi connectivity index (χ3v) is 6.06. The van der Waals surface area contributed by atoms with Crippen molar-refractivity contribution < 1.29 is 14.2 Å². The summed E-state index contributed by atoms with van der Waals surface area (Å²) in [7, 11) is 0. The molecule has 5 nitrogen and oxygen atoms in total. The van der Waals surface area contributed by atoms with Crippen molar-refractivity contribution in [1.29, 1.82) is 0 Å². The molecule has 33 heavy (non-hydrogen) atoms. The van der Waals surface area contributed by atoms with Crippen molar-refractivity contribution >= 4 is 34.6 Å². The molecule has 1 aliphatic heterocycles. The first kappa shape index (κ1) is 23.6. The van der Waals surface area contributed by atoms with E-state index in [4.69, 9.17) is 37.4 Å². The van der Waals surface area contributed by atoms with E-state index >= 15 is 0 Å². The lowest BCUT2D eigenvalue weighted by Crippen LogP contribution is -2.36. The number of ether oxygens (including phenoxy) is 3. The highest BCUT2D eigenvalue weighted by Gasteiger charge is 2.14. The molecule has 1 fully saturated rings. The van der Waals surface area contributed by atoms with Gasteiger partial charge in [-0.15, -0.1) is 0 Å². The van der Waals surface area contributed by atoms with Gasteiger partial charge in [-0.3, -0.25) is 0 Å². The van der Waals surface area contributed by atoms with E-state index in [9.17, 15) is 0 Å². The molecule has 0 atom stereocenters. The fourth-order valence-electron chi connectivity index (χ4n) is 3.73. The number of hydrogen-bond donors (Lipinski definition) is 1. The predicted octanol–water partition coefficient (Wildman–Crippen LogP) is 6.42. The van der Waals surface area contributed by atoms with Gasteiger partial charge in [0.15, 0.2) is 11.5 Å². The van der Waals surface area contributed by atoms with Crippen molar-refractivity contribution in [2.45, 2.75) is 20.1 Å². The lowest BCUT2D eigenvalue weighted by molar-refractivity contribution is 0.122. The highest BCUT2D eigenvalue weighted by molar-refractivity contribution is 6.35. The summed E-state index contributed by atoms with van der Waals surface area (Å²) in [5.41, 5.74) is 4.12. The Hall–Kier alpha value is -2.60. The van der Waals surface area contributed by atoms with Crippen LogP contribution in [0.2, 0.25) is 10.0 Å². The summed E-state index contributed by atoms with van der Waals surface area (Å²) in [4.78, 5) is 2.34. The maximum Gasteiger partial charge on any atom is 0.166 e. The van der Waals surface area contributed by atoms with Gasteiger partial charge in [-0.1, -0.05) is 41.4 Å². The molecule has 1 saturated heterocycles. The number of morpholine rings is 1. The zero-order valence-corrected chi connectivity index (χ0v) is 20.2. The number of para-hydroxylation sites is 1. The van der Waals surface area contributed by atoms with Crippen LogP contribution in [0.4, 0.5) is 11.4 Å². The quantitative estimate of drug-likeness (QED) is 0.377. The van der Waals surface area contributed by atoms with E-state index in [1.165, 1.54) is 5.69 Å². The summed E-state index contributed by atoms with van der Waals surface area (Å²) in [6.45, 7) is 6.84. The molecule has 4 rings (SSSR count). The smallest absolute Gasteiger partial charge is 0.166 e. The van der Waals surface area contributed by atoms with E-state index < -0.39 is 0 Å². The molecule has 1 N–H and O–H groups in total. The van der Waals surface area contributed by atoms with Gasteiger partial charge in [-0.25, -0.2) is 0 Å². The van der Waals surface area contributed by atoms with E-state index in [1.807, 2.05) is 37.3 Å². The number of anilines is 2. The van der Waals surface area contributed by atoms with E-state index in [1.54, 1.807) is 6.07 Å². The van der Waals surface area contributed by atoms with Crippen LogP contribution in [0.15, 0.2) is 60.7 Å². The summed E-state index contributed by atoms with van der Waals surface area (Å²) in [6.07, 6.45) is 0. The molecule has 0 aromatic heterocycles. The van der Waals surface area contributed by atoms with E-state index in [0.717, 1.165) is 43.1 Å². The Balaban J connectivity index is 1.45. The monoisotopic (exact) mass is 486 g/mol. The standard InChI is InChI=1S/C26H28Cl2N2O3/c1-2-32-25-5-3-4-19(26(25)33-18-20-6-7-21(27)16-24(20)28)17-29-22-8-10-23(11-9-22)30-12-14-31-15-13-30/h3-11,16,29H,2,12-15,17-18H2,1H3. The van der Waals surface area contributed by atoms with Crippen LogP contribution in [0, 0.1) is 0 Å². The van der Waals surface area contributed by atoms with Crippen molar-refractivity contribution in [2.75, 3.05) is 43.1 Å².